The number of carbonyl (C=O) groups is 1. The molecule has 2 heterocycles. The molecular formula is C23H27F6N3O2S. The minimum Gasteiger partial charge on any atom is -0.389 e. The average Bonchev–Trinajstić information content (AvgIpc) is 2.91. The molecule has 0 bridgehead atoms. The highest BCUT2D eigenvalue weighted by Gasteiger charge is 2.38. The lowest BCUT2D eigenvalue weighted by atomic mass is 10.00. The van der Waals surface area contributed by atoms with Crippen molar-refractivity contribution in [2.75, 3.05) is 19.6 Å². The first-order valence-corrected chi connectivity index (χ1v) is 11.9. The number of hydrogen-bond acceptors (Lipinski definition) is 5. The van der Waals surface area contributed by atoms with Crippen LogP contribution in [0, 0.1) is 5.92 Å². The highest BCUT2D eigenvalue weighted by atomic mass is 32.2. The van der Waals surface area contributed by atoms with Crippen molar-refractivity contribution in [2.24, 2.45) is 10.9 Å². The number of thioether (sulfide) groups is 1. The van der Waals surface area contributed by atoms with E-state index in [1.807, 2.05) is 11.0 Å². The van der Waals surface area contributed by atoms with Crippen LogP contribution in [-0.4, -0.2) is 46.3 Å². The fourth-order valence-corrected chi connectivity index (χ4v) is 4.77. The molecule has 2 N–H and O–H groups in total. The third kappa shape index (κ3) is 7.97. The van der Waals surface area contributed by atoms with Gasteiger partial charge in [0.2, 0.25) is 0 Å². The molecule has 0 saturated carbocycles. The second-order valence-electron chi connectivity index (χ2n) is 9.36. The Morgan fingerprint density at radius 3 is 2.49 bits per heavy atom. The number of alkyl halides is 6. The van der Waals surface area contributed by atoms with E-state index in [0.29, 0.717) is 42.7 Å². The minimum atomic E-state index is -4.90. The van der Waals surface area contributed by atoms with E-state index in [9.17, 15) is 36.2 Å². The molecular weight excluding hydrogens is 496 g/mol. The predicted molar refractivity (Wildman–Crippen MR) is 122 cm³/mol. The van der Waals surface area contributed by atoms with Gasteiger partial charge in [-0.15, -0.1) is 0 Å². The number of amidine groups is 1. The molecule has 5 nitrogen and oxygen atoms in total. The quantitative estimate of drug-likeness (QED) is 0.475. The van der Waals surface area contributed by atoms with E-state index in [2.05, 4.69) is 10.3 Å². The molecule has 1 amide bonds. The van der Waals surface area contributed by atoms with Crippen molar-refractivity contribution >= 4 is 22.8 Å². The fraction of sp³-hybridized carbons (Fsp3) is 0.565. The molecule has 0 radical (unpaired) electrons. The van der Waals surface area contributed by atoms with Gasteiger partial charge in [-0.25, -0.2) is 0 Å². The van der Waals surface area contributed by atoms with Crippen LogP contribution < -0.4 is 5.32 Å². The summed E-state index contributed by atoms with van der Waals surface area (Å²) >= 11 is 0.980. The number of amides is 1. The van der Waals surface area contributed by atoms with Crippen LogP contribution in [0.3, 0.4) is 0 Å². The van der Waals surface area contributed by atoms with Crippen LogP contribution in [0.5, 0.6) is 0 Å². The zero-order valence-corrected chi connectivity index (χ0v) is 20.1. The molecule has 1 fully saturated rings. The molecule has 0 spiro atoms. The van der Waals surface area contributed by atoms with E-state index in [0.717, 1.165) is 24.2 Å². The SMILES string of the molecule is CC(C)(O)CNC1=NC(=O)S/C1=C\C1CCCN(Cc2ccc(C(F)(F)F)cc2C(F)(F)F)CC1. The number of likely N-dealkylation sites (tertiary alicyclic amines) is 1. The Kier molecular flexibility index (Phi) is 8.27. The summed E-state index contributed by atoms with van der Waals surface area (Å²) in [5.74, 6) is 0.444. The molecule has 0 aliphatic carbocycles. The summed E-state index contributed by atoms with van der Waals surface area (Å²) < 4.78 is 79.3. The van der Waals surface area contributed by atoms with Gasteiger partial charge >= 0.3 is 17.6 Å². The monoisotopic (exact) mass is 523 g/mol. The molecule has 1 aromatic carbocycles. The Labute approximate surface area is 203 Å². The van der Waals surface area contributed by atoms with Crippen molar-refractivity contribution in [3.63, 3.8) is 0 Å². The van der Waals surface area contributed by atoms with Gasteiger partial charge < -0.3 is 10.4 Å². The second kappa shape index (κ2) is 10.5. The van der Waals surface area contributed by atoms with Crippen LogP contribution in [0.15, 0.2) is 34.2 Å². The summed E-state index contributed by atoms with van der Waals surface area (Å²) in [6, 6.07) is 1.77. The van der Waals surface area contributed by atoms with E-state index in [1.165, 1.54) is 0 Å². The Bertz CT molecular complexity index is 998. The number of nitrogens with zero attached hydrogens (tertiary/aromatic N) is 2. The highest BCUT2D eigenvalue weighted by Crippen LogP contribution is 2.38. The van der Waals surface area contributed by atoms with Crippen LogP contribution >= 0.6 is 11.8 Å². The van der Waals surface area contributed by atoms with Crippen molar-refractivity contribution in [1.29, 1.82) is 0 Å². The molecule has 1 unspecified atom stereocenters. The van der Waals surface area contributed by atoms with Gasteiger partial charge in [-0.05, 0) is 81.6 Å². The standard InChI is InChI=1S/C23H27F6N3O2S/c1-21(2,34)13-30-19-18(35-20(33)31-19)10-14-4-3-8-32(9-7-14)12-15-5-6-16(22(24,25)26)11-17(15)23(27,28)29/h5-6,10-11,14,34H,3-4,7-9,12-13H2,1-2H3,(H,30,31,33)/b18-10-. The van der Waals surface area contributed by atoms with E-state index in [1.54, 1.807) is 13.8 Å². The van der Waals surface area contributed by atoms with Crippen LogP contribution in [0.25, 0.3) is 0 Å². The number of aliphatic hydroxyl groups is 1. The minimum absolute atomic E-state index is 0.0530. The lowest BCUT2D eigenvalue weighted by Crippen LogP contribution is -2.38. The van der Waals surface area contributed by atoms with Crippen molar-refractivity contribution in [3.8, 4) is 0 Å². The van der Waals surface area contributed by atoms with E-state index in [-0.39, 0.29) is 35.9 Å². The second-order valence-corrected chi connectivity index (χ2v) is 10.4. The lowest BCUT2D eigenvalue weighted by molar-refractivity contribution is -0.143. The molecule has 1 atom stereocenters. The van der Waals surface area contributed by atoms with Gasteiger partial charge in [0.25, 0.3) is 0 Å². The van der Waals surface area contributed by atoms with Crippen molar-refractivity contribution < 1.29 is 36.2 Å². The number of allylic oxidation sites excluding steroid dienone is 1. The van der Waals surface area contributed by atoms with Gasteiger partial charge in [0, 0.05) is 13.1 Å². The fourth-order valence-electron chi connectivity index (χ4n) is 3.97. The molecule has 1 aromatic rings. The van der Waals surface area contributed by atoms with E-state index >= 15 is 0 Å². The van der Waals surface area contributed by atoms with Crippen molar-refractivity contribution in [2.45, 2.75) is 57.6 Å². The summed E-state index contributed by atoms with van der Waals surface area (Å²) in [5, 5.41) is 12.5. The first-order chi connectivity index (χ1) is 16.1. The topological polar surface area (TPSA) is 64.9 Å². The maximum atomic E-state index is 13.5. The molecule has 3 rings (SSSR count). The van der Waals surface area contributed by atoms with Gasteiger partial charge in [0.1, 0.15) is 5.84 Å². The number of benzene rings is 1. The normalized spacial score (nSPS) is 21.9. The predicted octanol–water partition coefficient (Wildman–Crippen LogP) is 5.84. The average molecular weight is 524 g/mol. The largest absolute Gasteiger partial charge is 0.416 e. The highest BCUT2D eigenvalue weighted by molar-refractivity contribution is 8.18. The number of hydrogen-bond donors (Lipinski definition) is 2. The zero-order chi connectivity index (χ0) is 26.0. The number of nitrogens with one attached hydrogen (secondary N) is 1. The summed E-state index contributed by atoms with van der Waals surface area (Å²) in [4.78, 5) is 18.2. The van der Waals surface area contributed by atoms with E-state index < -0.39 is 29.1 Å². The van der Waals surface area contributed by atoms with E-state index in [4.69, 9.17) is 0 Å². The molecule has 2 aliphatic heterocycles. The maximum Gasteiger partial charge on any atom is 0.416 e. The first kappa shape index (κ1) is 27.5. The molecule has 194 valence electrons. The molecule has 0 aromatic heterocycles. The van der Waals surface area contributed by atoms with Gasteiger partial charge in [-0.1, -0.05) is 12.1 Å². The Morgan fingerprint density at radius 1 is 1.14 bits per heavy atom. The summed E-state index contributed by atoms with van der Waals surface area (Å²) in [7, 11) is 0. The molecule has 1 saturated heterocycles. The third-order valence-corrected chi connectivity index (χ3v) is 6.53. The summed E-state index contributed by atoms with van der Waals surface area (Å²) in [6.45, 7) is 4.29. The number of halogens is 6. The van der Waals surface area contributed by atoms with Crippen LogP contribution in [-0.2, 0) is 18.9 Å². The first-order valence-electron chi connectivity index (χ1n) is 11.1. The van der Waals surface area contributed by atoms with Crippen LogP contribution in [0.2, 0.25) is 0 Å². The van der Waals surface area contributed by atoms with Gasteiger partial charge in [0.15, 0.2) is 0 Å². The van der Waals surface area contributed by atoms with Crippen molar-refractivity contribution in [1.82, 2.24) is 10.2 Å². The molecule has 2 aliphatic rings. The molecule has 35 heavy (non-hydrogen) atoms. The number of carbonyl (C=O) groups excluding carboxylic acids is 1. The molecule has 12 heteroatoms. The van der Waals surface area contributed by atoms with Gasteiger partial charge in [-0.2, -0.15) is 31.3 Å². The van der Waals surface area contributed by atoms with Crippen molar-refractivity contribution in [3.05, 3.63) is 45.9 Å². The Hall–Kier alpha value is -2.05. The van der Waals surface area contributed by atoms with Gasteiger partial charge in [0.05, 0.1) is 21.6 Å². The smallest absolute Gasteiger partial charge is 0.389 e. The maximum absolute atomic E-state index is 13.5. The zero-order valence-electron chi connectivity index (χ0n) is 19.3. The number of aliphatic imine (C=N–C) groups is 1. The lowest BCUT2D eigenvalue weighted by Gasteiger charge is -2.23. The third-order valence-electron chi connectivity index (χ3n) is 5.71. The Morgan fingerprint density at radius 2 is 1.86 bits per heavy atom. The Balaban J connectivity index is 1.69. The number of rotatable bonds is 5. The van der Waals surface area contributed by atoms with Crippen LogP contribution in [0.1, 0.15) is 49.8 Å². The summed E-state index contributed by atoms with van der Waals surface area (Å²) in [6.07, 6.45) is -5.79. The van der Waals surface area contributed by atoms with Crippen LogP contribution in [0.4, 0.5) is 31.1 Å². The van der Waals surface area contributed by atoms with Gasteiger partial charge in [-0.3, -0.25) is 9.69 Å². The summed E-state index contributed by atoms with van der Waals surface area (Å²) in [5.41, 5.74) is -3.78.